The van der Waals surface area contributed by atoms with Gasteiger partial charge in [-0.1, -0.05) is 6.07 Å². The maximum atomic E-state index is 12.8. The Labute approximate surface area is 150 Å². The fourth-order valence-corrected chi connectivity index (χ4v) is 2.70. The van der Waals surface area contributed by atoms with Crippen molar-refractivity contribution in [3.05, 3.63) is 56.5 Å². The highest BCUT2D eigenvalue weighted by Gasteiger charge is 2.39. The number of H-pyrrole nitrogens is 1. The zero-order valence-electron chi connectivity index (χ0n) is 15.3. The van der Waals surface area contributed by atoms with E-state index in [1.807, 2.05) is 32.0 Å². The van der Waals surface area contributed by atoms with Crippen molar-refractivity contribution in [1.82, 2.24) is 9.78 Å². The normalized spacial score (nSPS) is 16.3. The number of aromatic amines is 1. The summed E-state index contributed by atoms with van der Waals surface area (Å²) < 4.78 is 11.5. The summed E-state index contributed by atoms with van der Waals surface area (Å²) in [6.45, 7) is 8.56. The fraction of sp³-hybridized carbons (Fsp3) is 0.316. The molecular formula is C19H20N2O5. The molecule has 0 radical (unpaired) electrons. The summed E-state index contributed by atoms with van der Waals surface area (Å²) in [7, 11) is 0. The van der Waals surface area contributed by atoms with E-state index in [2.05, 4.69) is 5.10 Å². The minimum absolute atomic E-state index is 0.201. The van der Waals surface area contributed by atoms with Crippen molar-refractivity contribution in [1.29, 1.82) is 0 Å². The van der Waals surface area contributed by atoms with Gasteiger partial charge in [0.05, 0.1) is 11.3 Å². The van der Waals surface area contributed by atoms with Crippen molar-refractivity contribution in [3.63, 3.8) is 0 Å². The molecule has 0 amide bonds. The van der Waals surface area contributed by atoms with Gasteiger partial charge >= 0.3 is 11.9 Å². The molecule has 2 heterocycles. The van der Waals surface area contributed by atoms with Crippen molar-refractivity contribution < 1.29 is 19.1 Å². The zero-order chi connectivity index (χ0) is 19.2. The molecule has 1 aliphatic heterocycles. The second-order valence-corrected chi connectivity index (χ2v) is 6.80. The molecule has 1 N–H and O–H groups in total. The Kier molecular flexibility index (Phi) is 4.10. The molecule has 1 fully saturated rings. The summed E-state index contributed by atoms with van der Waals surface area (Å²) in [5.74, 6) is -2.95. The third-order valence-electron chi connectivity index (χ3n) is 4.27. The van der Waals surface area contributed by atoms with Gasteiger partial charge in [-0.2, -0.15) is 0 Å². The summed E-state index contributed by atoms with van der Waals surface area (Å²) in [5, 5.41) is 2.97. The van der Waals surface area contributed by atoms with Crippen LogP contribution in [0.15, 0.2) is 28.6 Å². The van der Waals surface area contributed by atoms with Gasteiger partial charge in [-0.3, -0.25) is 9.89 Å². The largest absolute Gasteiger partial charge is 0.419 e. The van der Waals surface area contributed by atoms with Crippen LogP contribution < -0.4 is 5.56 Å². The molecule has 1 aromatic heterocycles. The van der Waals surface area contributed by atoms with Gasteiger partial charge in [-0.15, -0.1) is 0 Å². The number of carbonyl (C=O) groups is 2. The molecule has 2 aromatic rings. The lowest BCUT2D eigenvalue weighted by atomic mass is 10.1. The van der Waals surface area contributed by atoms with Gasteiger partial charge in [-0.05, 0) is 50.1 Å². The standard InChI is InChI=1S/C19H20N2O5/c1-10-6-7-13(8-11(10)2)21-16(22)14(12(3)20-21)9-15-17(23)25-19(4,5)26-18(15)24/h6-9,20H,1-5H3. The number of rotatable bonds is 2. The summed E-state index contributed by atoms with van der Waals surface area (Å²) in [5.41, 5.74) is 2.86. The highest BCUT2D eigenvalue weighted by molar-refractivity contribution is 6.18. The van der Waals surface area contributed by atoms with E-state index < -0.39 is 17.7 Å². The number of nitrogens with one attached hydrogen (secondary N) is 1. The molecule has 0 aliphatic carbocycles. The molecule has 1 saturated heterocycles. The van der Waals surface area contributed by atoms with Crippen LogP contribution in [-0.2, 0) is 19.1 Å². The van der Waals surface area contributed by atoms with Gasteiger partial charge in [0.2, 0.25) is 0 Å². The van der Waals surface area contributed by atoms with Gasteiger partial charge in [0.25, 0.3) is 11.3 Å². The van der Waals surface area contributed by atoms with Crippen LogP contribution >= 0.6 is 0 Å². The number of aromatic nitrogens is 2. The van der Waals surface area contributed by atoms with Crippen molar-refractivity contribution in [2.45, 2.75) is 40.4 Å². The molecule has 0 bridgehead atoms. The fourth-order valence-electron chi connectivity index (χ4n) is 2.70. The molecule has 0 saturated carbocycles. The smallest absolute Gasteiger partial charge is 0.348 e. The highest BCUT2D eigenvalue weighted by atomic mass is 16.7. The van der Waals surface area contributed by atoms with Crippen LogP contribution in [0.4, 0.5) is 0 Å². The lowest BCUT2D eigenvalue weighted by Gasteiger charge is -2.29. The first-order chi connectivity index (χ1) is 12.1. The average molecular weight is 356 g/mol. The van der Waals surface area contributed by atoms with Crippen molar-refractivity contribution in [2.24, 2.45) is 0 Å². The maximum absolute atomic E-state index is 12.8. The first kappa shape index (κ1) is 17.7. The quantitative estimate of drug-likeness (QED) is 0.507. The topological polar surface area (TPSA) is 90.4 Å². The van der Waals surface area contributed by atoms with Gasteiger partial charge in [0, 0.05) is 19.5 Å². The van der Waals surface area contributed by atoms with Crippen molar-refractivity contribution >= 4 is 18.0 Å². The lowest BCUT2D eigenvalue weighted by molar-refractivity contribution is -0.222. The van der Waals surface area contributed by atoms with E-state index in [4.69, 9.17) is 9.47 Å². The Morgan fingerprint density at radius 2 is 1.62 bits per heavy atom. The number of ether oxygens (including phenoxy) is 2. The Morgan fingerprint density at radius 1 is 1.00 bits per heavy atom. The predicted octanol–water partition coefficient (Wildman–Crippen LogP) is 2.31. The number of carbonyl (C=O) groups excluding carboxylic acids is 2. The number of nitrogens with zero attached hydrogens (tertiary/aromatic N) is 1. The number of hydrogen-bond donors (Lipinski definition) is 1. The second kappa shape index (κ2) is 6.01. The Morgan fingerprint density at radius 3 is 2.19 bits per heavy atom. The van der Waals surface area contributed by atoms with Crippen LogP contribution in [0.3, 0.4) is 0 Å². The first-order valence-electron chi connectivity index (χ1n) is 8.17. The Bertz CT molecular complexity index is 985. The summed E-state index contributed by atoms with van der Waals surface area (Å²) in [6, 6.07) is 5.63. The van der Waals surface area contributed by atoms with Gasteiger partial charge in [0.1, 0.15) is 5.57 Å². The zero-order valence-corrected chi connectivity index (χ0v) is 15.3. The van der Waals surface area contributed by atoms with E-state index in [1.165, 1.54) is 24.6 Å². The highest BCUT2D eigenvalue weighted by Crippen LogP contribution is 2.24. The molecule has 7 nitrogen and oxygen atoms in total. The molecule has 1 aliphatic rings. The molecule has 3 rings (SSSR count). The summed E-state index contributed by atoms with van der Waals surface area (Å²) >= 11 is 0. The van der Waals surface area contributed by atoms with Crippen molar-refractivity contribution in [3.8, 4) is 5.69 Å². The van der Waals surface area contributed by atoms with Gasteiger partial charge in [-0.25, -0.2) is 14.3 Å². The van der Waals surface area contributed by atoms with Crippen LogP contribution in [0.1, 0.15) is 36.2 Å². The molecule has 0 spiro atoms. The molecule has 7 heteroatoms. The third kappa shape index (κ3) is 3.08. The lowest BCUT2D eigenvalue weighted by Crippen LogP contribution is -2.41. The van der Waals surface area contributed by atoms with Crippen LogP contribution in [-0.4, -0.2) is 27.5 Å². The third-order valence-corrected chi connectivity index (χ3v) is 4.27. The molecule has 0 atom stereocenters. The molecular weight excluding hydrogens is 336 g/mol. The molecule has 26 heavy (non-hydrogen) atoms. The monoisotopic (exact) mass is 356 g/mol. The average Bonchev–Trinajstić information content (AvgIpc) is 2.80. The molecule has 1 aromatic carbocycles. The van der Waals surface area contributed by atoms with E-state index in [1.54, 1.807) is 6.92 Å². The van der Waals surface area contributed by atoms with E-state index in [9.17, 15) is 14.4 Å². The van der Waals surface area contributed by atoms with Gasteiger partial charge in [0.15, 0.2) is 0 Å². The molecule has 136 valence electrons. The SMILES string of the molecule is Cc1ccc(-n2[nH]c(C)c(C=C3C(=O)OC(C)(C)OC3=O)c2=O)cc1C. The van der Waals surface area contributed by atoms with E-state index in [0.29, 0.717) is 11.4 Å². The maximum Gasteiger partial charge on any atom is 0.348 e. The minimum atomic E-state index is -1.32. The predicted molar refractivity (Wildman–Crippen MR) is 94.8 cm³/mol. The van der Waals surface area contributed by atoms with Crippen LogP contribution in [0.25, 0.3) is 11.8 Å². The van der Waals surface area contributed by atoms with Crippen LogP contribution in [0, 0.1) is 20.8 Å². The number of esters is 2. The van der Waals surface area contributed by atoms with Gasteiger partial charge < -0.3 is 9.47 Å². The summed E-state index contributed by atoms with van der Waals surface area (Å²) in [4.78, 5) is 37.0. The minimum Gasteiger partial charge on any atom is -0.419 e. The number of hydrogen-bond acceptors (Lipinski definition) is 5. The summed E-state index contributed by atoms with van der Waals surface area (Å²) in [6.07, 6.45) is 1.21. The van der Waals surface area contributed by atoms with Crippen LogP contribution in [0.2, 0.25) is 0 Å². The van der Waals surface area contributed by atoms with E-state index >= 15 is 0 Å². The number of cyclic esters (lactones) is 2. The first-order valence-corrected chi connectivity index (χ1v) is 8.17. The molecule has 0 unspecified atom stereocenters. The van der Waals surface area contributed by atoms with Crippen molar-refractivity contribution in [2.75, 3.05) is 0 Å². The van der Waals surface area contributed by atoms with E-state index in [-0.39, 0.29) is 16.7 Å². The number of aryl methyl sites for hydroxylation is 3. The Hall–Kier alpha value is -3.09. The second-order valence-electron chi connectivity index (χ2n) is 6.80. The number of benzene rings is 1. The van der Waals surface area contributed by atoms with Crippen LogP contribution in [0.5, 0.6) is 0 Å². The van der Waals surface area contributed by atoms with E-state index in [0.717, 1.165) is 11.1 Å². The Balaban J connectivity index is 2.06.